The zero-order valence-corrected chi connectivity index (χ0v) is 13.9. The van der Waals surface area contributed by atoms with Gasteiger partial charge in [-0.05, 0) is 62.6 Å². The summed E-state index contributed by atoms with van der Waals surface area (Å²) in [6.07, 6.45) is 7.53. The van der Waals surface area contributed by atoms with Crippen molar-refractivity contribution in [3.05, 3.63) is 54.6 Å². The number of aromatic nitrogens is 3. The van der Waals surface area contributed by atoms with Crippen molar-refractivity contribution < 1.29 is 4.74 Å². The maximum atomic E-state index is 6.01. The highest BCUT2D eigenvalue weighted by Gasteiger charge is 2.16. The fourth-order valence-electron chi connectivity index (χ4n) is 2.44. The lowest BCUT2D eigenvalue weighted by Gasteiger charge is -2.21. The fraction of sp³-hybridized carbons (Fsp3) is 0.263. The molecule has 3 rings (SSSR count). The highest BCUT2D eigenvalue weighted by molar-refractivity contribution is 5.72. The molecule has 0 spiro atoms. The Balaban J connectivity index is 2.14. The van der Waals surface area contributed by atoms with Crippen molar-refractivity contribution in [2.75, 3.05) is 0 Å². The number of aryl methyl sites for hydroxylation is 1. The van der Waals surface area contributed by atoms with Crippen LogP contribution in [0.2, 0.25) is 0 Å². The molecule has 4 nitrogen and oxygen atoms in total. The van der Waals surface area contributed by atoms with Gasteiger partial charge in [-0.1, -0.05) is 0 Å². The number of rotatable bonds is 3. The average molecular weight is 307 g/mol. The Morgan fingerprint density at radius 2 is 1.91 bits per heavy atom. The van der Waals surface area contributed by atoms with E-state index in [2.05, 4.69) is 16.0 Å². The van der Waals surface area contributed by atoms with Gasteiger partial charge >= 0.3 is 0 Å². The SMILES string of the molecule is Cc1cnccc1-c1cc(-c2cc[nH]c2)cc(OC(C)(C)C)n1. The second-order valence-electron chi connectivity index (χ2n) is 6.58. The number of nitrogens with zero attached hydrogens (tertiary/aromatic N) is 2. The van der Waals surface area contributed by atoms with Crippen LogP contribution in [-0.4, -0.2) is 20.6 Å². The smallest absolute Gasteiger partial charge is 0.214 e. The van der Waals surface area contributed by atoms with Crippen LogP contribution in [0.1, 0.15) is 26.3 Å². The van der Waals surface area contributed by atoms with Crippen LogP contribution in [0, 0.1) is 6.92 Å². The zero-order chi connectivity index (χ0) is 16.4. The number of aromatic amines is 1. The van der Waals surface area contributed by atoms with Gasteiger partial charge in [-0.2, -0.15) is 0 Å². The molecule has 3 aromatic heterocycles. The molecule has 0 saturated heterocycles. The zero-order valence-electron chi connectivity index (χ0n) is 13.9. The average Bonchev–Trinajstić information content (AvgIpc) is 2.99. The Labute approximate surface area is 136 Å². The number of H-pyrrole nitrogens is 1. The first kappa shape index (κ1) is 15.3. The molecule has 0 unspecified atom stereocenters. The Bertz CT molecular complexity index is 802. The van der Waals surface area contributed by atoms with Crippen molar-refractivity contribution in [2.24, 2.45) is 0 Å². The number of hydrogen-bond acceptors (Lipinski definition) is 3. The Morgan fingerprint density at radius 1 is 1.09 bits per heavy atom. The predicted octanol–water partition coefficient (Wildman–Crippen LogP) is 4.62. The van der Waals surface area contributed by atoms with Crippen molar-refractivity contribution in [3.8, 4) is 28.3 Å². The summed E-state index contributed by atoms with van der Waals surface area (Å²) < 4.78 is 6.01. The van der Waals surface area contributed by atoms with Crippen LogP contribution >= 0.6 is 0 Å². The van der Waals surface area contributed by atoms with Gasteiger partial charge in [-0.3, -0.25) is 4.98 Å². The number of nitrogens with one attached hydrogen (secondary N) is 1. The normalized spacial score (nSPS) is 11.5. The van der Waals surface area contributed by atoms with Gasteiger partial charge < -0.3 is 9.72 Å². The van der Waals surface area contributed by atoms with Crippen molar-refractivity contribution in [2.45, 2.75) is 33.3 Å². The van der Waals surface area contributed by atoms with E-state index in [0.29, 0.717) is 5.88 Å². The third kappa shape index (κ3) is 3.59. The van der Waals surface area contributed by atoms with E-state index in [0.717, 1.165) is 27.9 Å². The summed E-state index contributed by atoms with van der Waals surface area (Å²) in [5.41, 5.74) is 4.94. The fourth-order valence-corrected chi connectivity index (χ4v) is 2.44. The largest absolute Gasteiger partial charge is 0.472 e. The van der Waals surface area contributed by atoms with Crippen molar-refractivity contribution in [1.29, 1.82) is 0 Å². The van der Waals surface area contributed by atoms with Gasteiger partial charge in [-0.15, -0.1) is 0 Å². The van der Waals surface area contributed by atoms with E-state index in [-0.39, 0.29) is 5.60 Å². The Kier molecular flexibility index (Phi) is 3.90. The van der Waals surface area contributed by atoms with Crippen molar-refractivity contribution in [3.63, 3.8) is 0 Å². The maximum Gasteiger partial charge on any atom is 0.214 e. The van der Waals surface area contributed by atoms with Crippen molar-refractivity contribution in [1.82, 2.24) is 15.0 Å². The summed E-state index contributed by atoms with van der Waals surface area (Å²) in [6.45, 7) is 8.11. The highest BCUT2D eigenvalue weighted by Crippen LogP contribution is 2.31. The van der Waals surface area contributed by atoms with E-state index in [4.69, 9.17) is 9.72 Å². The molecule has 0 fully saturated rings. The van der Waals surface area contributed by atoms with Gasteiger partial charge in [0.1, 0.15) is 5.60 Å². The summed E-state index contributed by atoms with van der Waals surface area (Å²) in [4.78, 5) is 12.0. The molecule has 0 aliphatic rings. The number of hydrogen-bond donors (Lipinski definition) is 1. The molecule has 0 atom stereocenters. The van der Waals surface area contributed by atoms with E-state index in [1.54, 1.807) is 6.20 Å². The standard InChI is InChI=1S/C19H21N3O/c1-13-11-20-8-6-16(13)17-9-15(14-5-7-21-12-14)10-18(22-17)23-19(2,3)4/h5-12,21H,1-4H3. The summed E-state index contributed by atoms with van der Waals surface area (Å²) in [6, 6.07) is 8.09. The molecule has 118 valence electrons. The quantitative estimate of drug-likeness (QED) is 0.768. The van der Waals surface area contributed by atoms with E-state index in [9.17, 15) is 0 Å². The van der Waals surface area contributed by atoms with Crippen LogP contribution in [0.15, 0.2) is 49.1 Å². The van der Waals surface area contributed by atoms with Gasteiger partial charge in [0, 0.05) is 36.4 Å². The molecule has 0 aliphatic carbocycles. The first-order valence-corrected chi connectivity index (χ1v) is 7.68. The second kappa shape index (κ2) is 5.88. The molecule has 0 radical (unpaired) electrons. The molecule has 1 N–H and O–H groups in total. The van der Waals surface area contributed by atoms with Gasteiger partial charge in [0.25, 0.3) is 0 Å². The minimum absolute atomic E-state index is 0.297. The van der Waals surface area contributed by atoms with Crippen LogP contribution in [0.3, 0.4) is 0 Å². The van der Waals surface area contributed by atoms with Crippen LogP contribution < -0.4 is 4.74 Å². The molecule has 0 bridgehead atoms. The summed E-state index contributed by atoms with van der Waals surface area (Å²) >= 11 is 0. The number of ether oxygens (including phenoxy) is 1. The molecule has 0 saturated carbocycles. The lowest BCUT2D eigenvalue weighted by atomic mass is 10.0. The minimum atomic E-state index is -0.297. The van der Waals surface area contributed by atoms with Crippen molar-refractivity contribution >= 4 is 0 Å². The highest BCUT2D eigenvalue weighted by atomic mass is 16.5. The van der Waals surface area contributed by atoms with E-state index in [1.807, 2.05) is 64.5 Å². The third-order valence-corrected chi connectivity index (χ3v) is 3.44. The summed E-state index contributed by atoms with van der Waals surface area (Å²) in [5, 5.41) is 0. The van der Waals surface area contributed by atoms with Gasteiger partial charge in [0.15, 0.2) is 0 Å². The van der Waals surface area contributed by atoms with E-state index < -0.39 is 0 Å². The van der Waals surface area contributed by atoms with Gasteiger partial charge in [-0.25, -0.2) is 4.98 Å². The van der Waals surface area contributed by atoms with Crippen LogP contribution in [-0.2, 0) is 0 Å². The van der Waals surface area contributed by atoms with E-state index in [1.165, 1.54) is 0 Å². The summed E-state index contributed by atoms with van der Waals surface area (Å²) in [5.74, 6) is 0.627. The molecular formula is C19H21N3O. The Hall–Kier alpha value is -2.62. The lowest BCUT2D eigenvalue weighted by Crippen LogP contribution is -2.23. The van der Waals surface area contributed by atoms with Crippen LogP contribution in [0.4, 0.5) is 0 Å². The third-order valence-electron chi connectivity index (χ3n) is 3.44. The summed E-state index contributed by atoms with van der Waals surface area (Å²) in [7, 11) is 0. The number of pyridine rings is 2. The molecule has 3 heterocycles. The lowest BCUT2D eigenvalue weighted by molar-refractivity contribution is 0.124. The Morgan fingerprint density at radius 3 is 2.57 bits per heavy atom. The monoisotopic (exact) mass is 307 g/mol. The molecule has 23 heavy (non-hydrogen) atoms. The molecular weight excluding hydrogens is 286 g/mol. The first-order valence-electron chi connectivity index (χ1n) is 7.68. The van der Waals surface area contributed by atoms with Gasteiger partial charge in [0.05, 0.1) is 5.69 Å². The van der Waals surface area contributed by atoms with Crippen LogP contribution in [0.25, 0.3) is 22.4 Å². The van der Waals surface area contributed by atoms with Crippen LogP contribution in [0.5, 0.6) is 5.88 Å². The molecule has 3 aromatic rings. The second-order valence-corrected chi connectivity index (χ2v) is 6.58. The molecule has 0 aliphatic heterocycles. The maximum absolute atomic E-state index is 6.01. The topological polar surface area (TPSA) is 50.8 Å². The first-order chi connectivity index (χ1) is 10.9. The molecule has 0 aromatic carbocycles. The van der Waals surface area contributed by atoms with Gasteiger partial charge in [0.2, 0.25) is 5.88 Å². The molecule has 0 amide bonds. The minimum Gasteiger partial charge on any atom is -0.472 e. The predicted molar refractivity (Wildman–Crippen MR) is 92.4 cm³/mol. The van der Waals surface area contributed by atoms with E-state index >= 15 is 0 Å². The molecule has 4 heteroatoms.